The quantitative estimate of drug-likeness (QED) is 0.322. The van der Waals surface area contributed by atoms with Gasteiger partial charge in [0.05, 0.1) is 13.2 Å². The summed E-state index contributed by atoms with van der Waals surface area (Å²) in [5, 5.41) is 0.255. The van der Waals surface area contributed by atoms with Gasteiger partial charge in [0, 0.05) is 36.0 Å². The van der Waals surface area contributed by atoms with E-state index in [1.165, 1.54) is 11.0 Å². The number of imide groups is 1. The molecular formula is C25H20B5N3O6. The van der Waals surface area contributed by atoms with Gasteiger partial charge >= 0.3 is 0 Å². The number of amides is 4. The summed E-state index contributed by atoms with van der Waals surface area (Å²) < 4.78 is 11.2. The van der Waals surface area contributed by atoms with Crippen molar-refractivity contribution in [3.05, 3.63) is 46.5 Å². The lowest BCUT2D eigenvalue weighted by atomic mass is 9.55. The number of hydrogen-bond acceptors (Lipinski definition) is 6. The second-order valence-corrected chi connectivity index (χ2v) is 9.76. The van der Waals surface area contributed by atoms with E-state index in [1.54, 1.807) is 23.1 Å². The number of nitrogens with zero attached hydrogens (tertiary/aromatic N) is 2. The van der Waals surface area contributed by atoms with Crippen LogP contribution in [0.25, 0.3) is 0 Å². The first-order chi connectivity index (χ1) is 18.5. The number of nitrogens with one attached hydrogen (secondary N) is 1. The number of hydrogen-bond donors (Lipinski definition) is 1. The topological polar surface area (TPSA) is 105 Å². The van der Waals surface area contributed by atoms with Gasteiger partial charge < -0.3 is 19.3 Å². The monoisotopic (exact) mass is 513 g/mol. The van der Waals surface area contributed by atoms with Crippen LogP contribution in [0.4, 0.5) is 0 Å². The number of fused-ring (bicyclic) bond motifs is 1. The lowest BCUT2D eigenvalue weighted by molar-refractivity contribution is -0.143. The average Bonchev–Trinajstić information content (AvgIpc) is 3.22. The molecule has 9 nitrogen and oxygen atoms in total. The summed E-state index contributed by atoms with van der Waals surface area (Å²) in [5.41, 5.74) is 1.74. The van der Waals surface area contributed by atoms with E-state index in [0.717, 1.165) is 0 Å². The molecule has 1 unspecified atom stereocenters. The van der Waals surface area contributed by atoms with Crippen molar-refractivity contribution in [3.63, 3.8) is 0 Å². The molecule has 0 bridgehead atoms. The Labute approximate surface area is 232 Å². The van der Waals surface area contributed by atoms with E-state index in [2.05, 4.69) is 5.32 Å². The van der Waals surface area contributed by atoms with Crippen molar-refractivity contribution in [3.8, 4) is 5.75 Å². The lowest BCUT2D eigenvalue weighted by Gasteiger charge is -2.34. The molecule has 1 atom stereocenters. The van der Waals surface area contributed by atoms with Crippen molar-refractivity contribution in [1.29, 1.82) is 0 Å². The van der Waals surface area contributed by atoms with Crippen LogP contribution in [0, 0.1) is 0 Å². The van der Waals surface area contributed by atoms with Crippen molar-refractivity contribution < 1.29 is 28.7 Å². The molecule has 1 N–H and O–H groups in total. The predicted molar refractivity (Wildman–Crippen MR) is 145 cm³/mol. The molecular weight excluding hydrogens is 492 g/mol. The van der Waals surface area contributed by atoms with Crippen molar-refractivity contribution in [2.45, 2.75) is 37.4 Å². The third-order valence-corrected chi connectivity index (χ3v) is 7.23. The van der Waals surface area contributed by atoms with Gasteiger partial charge in [-0.25, -0.2) is 0 Å². The first-order valence-electron chi connectivity index (χ1n) is 12.3. The molecule has 5 rings (SSSR count). The van der Waals surface area contributed by atoms with Crippen molar-refractivity contribution in [2.24, 2.45) is 0 Å². The summed E-state index contributed by atoms with van der Waals surface area (Å²) in [4.78, 5) is 52.2. The normalized spacial score (nSPS) is 19.7. The molecule has 3 aliphatic heterocycles. The van der Waals surface area contributed by atoms with Crippen LogP contribution in [0.5, 0.6) is 5.75 Å². The van der Waals surface area contributed by atoms with E-state index in [0.29, 0.717) is 29.8 Å². The molecule has 0 aliphatic carbocycles. The molecule has 186 valence electrons. The van der Waals surface area contributed by atoms with E-state index in [1.807, 2.05) is 0 Å². The Balaban J connectivity index is 1.41. The number of carbonyl (C=O) groups is 4. The van der Waals surface area contributed by atoms with Crippen LogP contribution in [-0.2, 0) is 37.6 Å². The van der Waals surface area contributed by atoms with Gasteiger partial charge in [-0.15, -0.1) is 0 Å². The molecule has 2 saturated heterocycles. The number of piperidine rings is 1. The first kappa shape index (κ1) is 27.2. The fourth-order valence-corrected chi connectivity index (χ4v) is 5.08. The minimum absolute atomic E-state index is 0.0270. The van der Waals surface area contributed by atoms with E-state index in [9.17, 15) is 19.2 Å². The molecule has 4 amide bonds. The zero-order valence-corrected chi connectivity index (χ0v) is 21.1. The predicted octanol–water partition coefficient (Wildman–Crippen LogP) is -3.29. The van der Waals surface area contributed by atoms with Gasteiger partial charge in [-0.3, -0.25) is 24.5 Å². The number of morpholine rings is 1. The zero-order valence-electron chi connectivity index (χ0n) is 21.1. The highest BCUT2D eigenvalue weighted by Crippen LogP contribution is 2.35. The summed E-state index contributed by atoms with van der Waals surface area (Å²) in [6.07, 6.45) is 0.349. The van der Waals surface area contributed by atoms with Gasteiger partial charge in [0.25, 0.3) is 5.91 Å². The molecule has 0 saturated carbocycles. The second kappa shape index (κ2) is 10.3. The van der Waals surface area contributed by atoms with E-state index in [4.69, 9.17) is 48.7 Å². The maximum Gasteiger partial charge on any atom is 0.255 e. The number of benzene rings is 2. The Hall–Kier alpha value is -3.40. The average molecular weight is 513 g/mol. The highest BCUT2D eigenvalue weighted by atomic mass is 16.5. The molecule has 14 heteroatoms. The maximum atomic E-state index is 13.1. The van der Waals surface area contributed by atoms with Crippen LogP contribution in [0.2, 0.25) is 0 Å². The van der Waals surface area contributed by atoms with Crippen molar-refractivity contribution in [2.75, 3.05) is 19.8 Å². The Morgan fingerprint density at radius 1 is 1.10 bits per heavy atom. The van der Waals surface area contributed by atoms with Crippen LogP contribution in [0.15, 0.2) is 24.3 Å². The third kappa shape index (κ3) is 5.02. The van der Waals surface area contributed by atoms with Crippen LogP contribution >= 0.6 is 0 Å². The Morgan fingerprint density at radius 2 is 1.87 bits per heavy atom. The van der Waals surface area contributed by atoms with Crippen molar-refractivity contribution >= 4 is 79.2 Å². The highest BCUT2D eigenvalue weighted by molar-refractivity contribution is 6.53. The van der Waals surface area contributed by atoms with Gasteiger partial charge in [-0.2, -0.15) is 0 Å². The first-order valence-corrected chi connectivity index (χ1v) is 12.3. The largest absolute Gasteiger partial charge is 0.502 e. The summed E-state index contributed by atoms with van der Waals surface area (Å²) in [6.45, 7) is 0.942. The molecule has 0 spiro atoms. The highest BCUT2D eigenvalue weighted by Gasteiger charge is 2.40. The molecule has 3 aliphatic rings. The van der Waals surface area contributed by atoms with E-state index >= 15 is 0 Å². The fraction of sp³-hybridized carbons (Fsp3) is 0.360. The lowest BCUT2D eigenvalue weighted by Crippen LogP contribution is -2.52. The third-order valence-electron chi connectivity index (χ3n) is 7.23. The summed E-state index contributed by atoms with van der Waals surface area (Å²) in [7, 11) is 31.7. The van der Waals surface area contributed by atoms with E-state index < -0.39 is 17.3 Å². The van der Waals surface area contributed by atoms with Crippen molar-refractivity contribution in [1.82, 2.24) is 15.1 Å². The zero-order chi connectivity index (χ0) is 28.1. The summed E-state index contributed by atoms with van der Waals surface area (Å²) in [5.74, 6) is -1.27. The molecule has 39 heavy (non-hydrogen) atoms. The fourth-order valence-electron chi connectivity index (χ4n) is 5.08. The minimum atomic E-state index is -2.01. The molecule has 2 aromatic rings. The van der Waals surface area contributed by atoms with Gasteiger partial charge in [0.1, 0.15) is 57.6 Å². The van der Waals surface area contributed by atoms with Gasteiger partial charge in [-0.1, -0.05) is 28.5 Å². The maximum absolute atomic E-state index is 13.1. The Morgan fingerprint density at radius 3 is 2.59 bits per heavy atom. The Bertz CT molecular complexity index is 1400. The van der Waals surface area contributed by atoms with E-state index in [-0.39, 0.29) is 78.0 Å². The van der Waals surface area contributed by atoms with Crippen LogP contribution in [0.3, 0.4) is 0 Å². The number of ether oxygens (including phenoxy) is 2. The smallest absolute Gasteiger partial charge is 0.255 e. The van der Waals surface area contributed by atoms with Gasteiger partial charge in [0.2, 0.25) is 17.7 Å². The van der Waals surface area contributed by atoms with Gasteiger partial charge in [-0.05, 0) is 29.7 Å². The second-order valence-electron chi connectivity index (χ2n) is 9.76. The minimum Gasteiger partial charge on any atom is -0.502 e. The molecule has 2 fully saturated rings. The summed E-state index contributed by atoms with van der Waals surface area (Å²) >= 11 is 0. The molecule has 0 aromatic heterocycles. The van der Waals surface area contributed by atoms with Gasteiger partial charge in [0.15, 0.2) is 0 Å². The molecule has 10 radical (unpaired) electrons. The molecule has 2 aromatic carbocycles. The SMILES string of the molecule is [B]c1cc(C([B])([B])Oc2cccc3c2CN(C2CCC(=O)NC2=O)C3=O)c([B])c([B])c1CN1CCOCC1=O. The standard InChI is InChI=1S/C25H20B5N3O6/c26-16-8-15(22(28)21(27)14(16)9-32-6-7-38-11-20(32)35)25(29,30)39-18-3-1-2-12-13(18)10-33(24(12)37)17-4-5-19(34)31-23(17)36/h1-3,8,17H,4-7,9-11H2,(H,31,34,36). The van der Waals surface area contributed by atoms with Crippen LogP contribution in [0.1, 0.15) is 39.9 Å². The van der Waals surface area contributed by atoms with Crippen LogP contribution in [-0.4, -0.2) is 98.5 Å². The van der Waals surface area contributed by atoms with Crippen LogP contribution < -0.4 is 26.4 Å². The Kier molecular flexibility index (Phi) is 7.18. The number of rotatable bonds is 6. The number of carbonyl (C=O) groups excluding carboxylic acids is 4. The molecule has 3 heterocycles. The summed E-state index contributed by atoms with van der Waals surface area (Å²) in [6, 6.07) is 5.46.